The Morgan fingerprint density at radius 2 is 1.67 bits per heavy atom. The van der Waals surface area contributed by atoms with E-state index in [1.807, 2.05) is 19.3 Å². The van der Waals surface area contributed by atoms with Gasteiger partial charge in [-0.2, -0.15) is 5.10 Å². The molecule has 3 aromatic carbocycles. The number of pyridine rings is 1. The quantitative estimate of drug-likeness (QED) is 0.365. The highest BCUT2D eigenvalue weighted by Gasteiger charge is 2.14. The molecule has 0 aliphatic rings. The molecule has 36 heavy (non-hydrogen) atoms. The van der Waals surface area contributed by atoms with E-state index in [2.05, 4.69) is 14.8 Å². The van der Waals surface area contributed by atoms with Gasteiger partial charge in [-0.15, -0.1) is 0 Å². The molecule has 5 rings (SSSR count). The van der Waals surface area contributed by atoms with Crippen LogP contribution in [0.2, 0.25) is 0 Å². The molecule has 8 nitrogen and oxygen atoms in total. The summed E-state index contributed by atoms with van der Waals surface area (Å²) in [4.78, 5) is 18.0. The summed E-state index contributed by atoms with van der Waals surface area (Å²) in [5.74, 6) is 0.462. The van der Waals surface area contributed by atoms with Crippen molar-refractivity contribution in [2.24, 2.45) is 7.05 Å². The molecule has 5 aromatic rings. The van der Waals surface area contributed by atoms with E-state index < -0.39 is 10.0 Å². The average molecular weight is 501 g/mol. The van der Waals surface area contributed by atoms with Gasteiger partial charge < -0.3 is 4.74 Å². The van der Waals surface area contributed by atoms with Gasteiger partial charge in [0.15, 0.2) is 5.43 Å². The first-order valence-corrected chi connectivity index (χ1v) is 12.9. The summed E-state index contributed by atoms with van der Waals surface area (Å²) in [6.07, 6.45) is 5.29. The SMILES string of the molecule is COc1ccc(CNS(=O)(=O)Cc2ccc3ccc4ncc(-c5cnn(C)c5)cc4c(=O)c3c2)cc1. The lowest BCUT2D eigenvalue weighted by Gasteiger charge is -2.08. The van der Waals surface area contributed by atoms with E-state index in [0.717, 1.165) is 16.7 Å². The summed E-state index contributed by atoms with van der Waals surface area (Å²) in [7, 11) is -0.232. The monoisotopic (exact) mass is 500 g/mol. The number of ether oxygens (including phenoxy) is 1. The van der Waals surface area contributed by atoms with E-state index in [1.54, 1.807) is 78.8 Å². The van der Waals surface area contributed by atoms with Crippen LogP contribution in [-0.2, 0) is 29.4 Å². The normalized spacial score (nSPS) is 11.7. The molecule has 0 atom stereocenters. The molecule has 2 heterocycles. The molecule has 0 saturated heterocycles. The first-order valence-electron chi connectivity index (χ1n) is 11.3. The van der Waals surface area contributed by atoms with Gasteiger partial charge in [-0.1, -0.05) is 30.3 Å². The van der Waals surface area contributed by atoms with Gasteiger partial charge in [0.05, 0.1) is 24.6 Å². The number of hydrogen-bond acceptors (Lipinski definition) is 6. The number of fused-ring (bicyclic) bond motifs is 2. The first kappa shape index (κ1) is 23.7. The van der Waals surface area contributed by atoms with Gasteiger partial charge in [0.2, 0.25) is 10.0 Å². The largest absolute Gasteiger partial charge is 0.497 e. The summed E-state index contributed by atoms with van der Waals surface area (Å²) in [5, 5.41) is 5.81. The lowest BCUT2D eigenvalue weighted by atomic mass is 10.1. The van der Waals surface area contributed by atoms with E-state index >= 15 is 0 Å². The van der Waals surface area contributed by atoms with E-state index in [1.165, 1.54) is 0 Å². The molecule has 0 aliphatic heterocycles. The molecule has 0 amide bonds. The van der Waals surface area contributed by atoms with Gasteiger partial charge in [-0.05, 0) is 46.8 Å². The zero-order chi connectivity index (χ0) is 25.3. The van der Waals surface area contributed by atoms with Crippen LogP contribution in [0.3, 0.4) is 0 Å². The van der Waals surface area contributed by atoms with Crippen LogP contribution in [0, 0.1) is 0 Å². The number of aromatic nitrogens is 3. The Morgan fingerprint density at radius 1 is 0.917 bits per heavy atom. The number of methoxy groups -OCH3 is 1. The first-order chi connectivity index (χ1) is 17.3. The second-order valence-corrected chi connectivity index (χ2v) is 10.4. The standard InChI is InChI=1S/C27H24N4O4S/c1-31-16-22(15-29-31)21-12-25-26(28-14-21)10-7-20-6-3-19(11-24(20)27(25)32)17-36(33,34)30-13-18-4-8-23(35-2)9-5-18/h3-12,14-16,30H,13,17H2,1-2H3. The van der Waals surface area contributed by atoms with Gasteiger partial charge in [-0.3, -0.25) is 14.5 Å². The Balaban J connectivity index is 1.46. The molecule has 0 spiro atoms. The van der Waals surface area contributed by atoms with Gasteiger partial charge >= 0.3 is 0 Å². The maximum Gasteiger partial charge on any atom is 0.216 e. The minimum absolute atomic E-state index is 0.162. The minimum Gasteiger partial charge on any atom is -0.497 e. The Morgan fingerprint density at radius 3 is 2.39 bits per heavy atom. The Kier molecular flexibility index (Phi) is 6.26. The molecular formula is C27H24N4O4S. The van der Waals surface area contributed by atoms with Crippen LogP contribution in [0.1, 0.15) is 11.1 Å². The third-order valence-corrected chi connectivity index (χ3v) is 7.29. The predicted molar refractivity (Wildman–Crippen MR) is 140 cm³/mol. The van der Waals surface area contributed by atoms with Crippen LogP contribution in [0.25, 0.3) is 32.8 Å². The van der Waals surface area contributed by atoms with Crippen LogP contribution in [0.5, 0.6) is 5.75 Å². The van der Waals surface area contributed by atoms with Crippen LogP contribution in [0.15, 0.2) is 84.0 Å². The van der Waals surface area contributed by atoms with Crippen molar-refractivity contribution >= 4 is 31.7 Å². The number of hydrogen-bond donors (Lipinski definition) is 1. The van der Waals surface area contributed by atoms with Crippen molar-refractivity contribution < 1.29 is 13.2 Å². The molecule has 182 valence electrons. The topological polar surface area (TPSA) is 103 Å². The van der Waals surface area contributed by atoms with Crippen LogP contribution in [-0.4, -0.2) is 30.3 Å². The lowest BCUT2D eigenvalue weighted by Crippen LogP contribution is -2.24. The number of benzene rings is 2. The van der Waals surface area contributed by atoms with E-state index in [-0.39, 0.29) is 17.7 Å². The maximum atomic E-state index is 13.5. The summed E-state index contributed by atoms with van der Waals surface area (Å²) in [5.41, 5.74) is 3.35. The summed E-state index contributed by atoms with van der Waals surface area (Å²) < 4.78 is 35.0. The highest BCUT2D eigenvalue weighted by Crippen LogP contribution is 2.22. The van der Waals surface area contributed by atoms with Crippen molar-refractivity contribution in [3.8, 4) is 16.9 Å². The third kappa shape index (κ3) is 4.98. The van der Waals surface area contributed by atoms with Gasteiger partial charge in [0, 0.05) is 47.9 Å². The third-order valence-electron chi connectivity index (χ3n) is 6.00. The molecule has 1 N–H and O–H groups in total. The fourth-order valence-corrected chi connectivity index (χ4v) is 5.18. The zero-order valence-corrected chi connectivity index (χ0v) is 20.6. The fraction of sp³-hybridized carbons (Fsp3) is 0.148. The lowest BCUT2D eigenvalue weighted by molar-refractivity contribution is 0.414. The number of sulfonamides is 1. The highest BCUT2D eigenvalue weighted by molar-refractivity contribution is 7.88. The van der Waals surface area contributed by atoms with E-state index in [0.29, 0.717) is 33.0 Å². The predicted octanol–water partition coefficient (Wildman–Crippen LogP) is 3.78. The van der Waals surface area contributed by atoms with Crippen molar-refractivity contribution in [3.63, 3.8) is 0 Å². The van der Waals surface area contributed by atoms with E-state index in [9.17, 15) is 13.2 Å². The fourth-order valence-electron chi connectivity index (χ4n) is 4.07. The van der Waals surface area contributed by atoms with Crippen LogP contribution < -0.4 is 14.9 Å². The van der Waals surface area contributed by atoms with Crippen molar-refractivity contribution in [2.45, 2.75) is 12.3 Å². The van der Waals surface area contributed by atoms with Crippen molar-refractivity contribution in [1.82, 2.24) is 19.5 Å². The smallest absolute Gasteiger partial charge is 0.216 e. The van der Waals surface area contributed by atoms with E-state index in [4.69, 9.17) is 4.74 Å². The molecule has 9 heteroatoms. The molecule has 0 aliphatic carbocycles. The van der Waals surface area contributed by atoms with Crippen LogP contribution >= 0.6 is 0 Å². The number of rotatable bonds is 7. The van der Waals surface area contributed by atoms with Crippen molar-refractivity contribution in [1.29, 1.82) is 0 Å². The Labute approximate surface area is 208 Å². The molecule has 0 saturated carbocycles. The Hall–Kier alpha value is -4.08. The Bertz CT molecular complexity index is 1750. The molecule has 0 radical (unpaired) electrons. The number of nitrogens with zero attached hydrogens (tertiary/aromatic N) is 3. The molecular weight excluding hydrogens is 476 g/mol. The van der Waals surface area contributed by atoms with Gasteiger partial charge in [0.25, 0.3) is 0 Å². The second kappa shape index (κ2) is 9.52. The summed E-state index contributed by atoms with van der Waals surface area (Å²) >= 11 is 0. The molecule has 0 bridgehead atoms. The second-order valence-electron chi connectivity index (χ2n) is 8.57. The maximum absolute atomic E-state index is 13.5. The van der Waals surface area contributed by atoms with Gasteiger partial charge in [-0.25, -0.2) is 13.1 Å². The van der Waals surface area contributed by atoms with Crippen molar-refractivity contribution in [3.05, 3.63) is 101 Å². The summed E-state index contributed by atoms with van der Waals surface area (Å²) in [6, 6.07) is 17.8. The number of aryl methyl sites for hydroxylation is 1. The molecule has 0 fully saturated rings. The molecule has 0 unspecified atom stereocenters. The van der Waals surface area contributed by atoms with Crippen molar-refractivity contribution in [2.75, 3.05) is 7.11 Å². The summed E-state index contributed by atoms with van der Waals surface area (Å²) in [6.45, 7) is 0.162. The molecule has 2 aromatic heterocycles. The number of nitrogens with one attached hydrogen (secondary N) is 1. The average Bonchev–Trinajstić information content (AvgIpc) is 3.27. The zero-order valence-electron chi connectivity index (χ0n) is 19.8. The highest BCUT2D eigenvalue weighted by atomic mass is 32.2. The van der Waals surface area contributed by atoms with Gasteiger partial charge in [0.1, 0.15) is 5.75 Å². The minimum atomic E-state index is -3.63. The van der Waals surface area contributed by atoms with Crippen LogP contribution in [0.4, 0.5) is 0 Å².